The minimum Gasteiger partial charge on any atom is -0.481 e. The lowest BCUT2D eigenvalue weighted by molar-refractivity contribution is 0.397. The average molecular weight is 303 g/mol. The zero-order valence-electron chi connectivity index (χ0n) is 12.6. The molecule has 1 aliphatic carbocycles. The molecule has 0 fully saturated rings. The molecular formula is C16H21N3OS. The van der Waals surface area contributed by atoms with Crippen molar-refractivity contribution in [2.75, 3.05) is 13.7 Å². The maximum atomic E-state index is 5.14. The number of aromatic nitrogens is 2. The fraction of sp³-hybridized carbons (Fsp3) is 0.500. The summed E-state index contributed by atoms with van der Waals surface area (Å²) in [6.45, 7) is 3.03. The van der Waals surface area contributed by atoms with Crippen molar-refractivity contribution in [2.24, 2.45) is 0 Å². The van der Waals surface area contributed by atoms with Gasteiger partial charge in [0.1, 0.15) is 5.01 Å². The van der Waals surface area contributed by atoms with Crippen molar-refractivity contribution in [2.45, 2.75) is 38.6 Å². The van der Waals surface area contributed by atoms with Crippen molar-refractivity contribution in [1.29, 1.82) is 0 Å². The van der Waals surface area contributed by atoms with Crippen molar-refractivity contribution in [3.05, 3.63) is 39.5 Å². The van der Waals surface area contributed by atoms with E-state index in [1.165, 1.54) is 29.8 Å². The number of fused-ring (bicyclic) bond motifs is 1. The predicted molar refractivity (Wildman–Crippen MR) is 85.1 cm³/mol. The molecule has 2 aromatic heterocycles. The number of rotatable bonds is 5. The molecule has 3 rings (SSSR count). The van der Waals surface area contributed by atoms with E-state index in [4.69, 9.17) is 9.72 Å². The molecule has 2 aromatic rings. The molecule has 1 atom stereocenters. The topological polar surface area (TPSA) is 47.0 Å². The summed E-state index contributed by atoms with van der Waals surface area (Å²) in [6.07, 6.45) is 6.77. The van der Waals surface area contributed by atoms with Crippen LogP contribution >= 0.6 is 11.3 Å². The number of methoxy groups -OCH3 is 1. The van der Waals surface area contributed by atoms with E-state index in [1.807, 2.05) is 23.6 Å². The largest absolute Gasteiger partial charge is 0.481 e. The lowest BCUT2D eigenvalue weighted by atomic mass is 10.0. The smallest absolute Gasteiger partial charge is 0.212 e. The van der Waals surface area contributed by atoms with Crippen LogP contribution in [-0.2, 0) is 12.8 Å². The van der Waals surface area contributed by atoms with Gasteiger partial charge in [-0.2, -0.15) is 0 Å². The monoisotopic (exact) mass is 303 g/mol. The second-order valence-electron chi connectivity index (χ2n) is 5.25. The van der Waals surface area contributed by atoms with Crippen LogP contribution in [-0.4, -0.2) is 23.6 Å². The van der Waals surface area contributed by atoms with Gasteiger partial charge in [0.2, 0.25) is 5.88 Å². The first kappa shape index (κ1) is 14.5. The summed E-state index contributed by atoms with van der Waals surface area (Å²) in [4.78, 5) is 10.7. The molecule has 0 radical (unpaired) electrons. The fourth-order valence-corrected chi connectivity index (χ4v) is 3.99. The average Bonchev–Trinajstić information content (AvgIpc) is 2.96. The molecule has 0 aliphatic heterocycles. The number of ether oxygens (including phenoxy) is 1. The summed E-state index contributed by atoms with van der Waals surface area (Å²) >= 11 is 1.86. The van der Waals surface area contributed by atoms with E-state index in [0.29, 0.717) is 5.88 Å². The van der Waals surface area contributed by atoms with Gasteiger partial charge in [-0.25, -0.2) is 9.97 Å². The van der Waals surface area contributed by atoms with E-state index in [1.54, 1.807) is 7.11 Å². The first-order valence-electron chi connectivity index (χ1n) is 7.53. The molecule has 1 aliphatic rings. The zero-order valence-corrected chi connectivity index (χ0v) is 13.4. The summed E-state index contributed by atoms with van der Waals surface area (Å²) in [5.41, 5.74) is 2.45. The highest BCUT2D eigenvalue weighted by atomic mass is 32.1. The van der Waals surface area contributed by atoms with E-state index < -0.39 is 0 Å². The van der Waals surface area contributed by atoms with Crippen LogP contribution in [0.5, 0.6) is 5.88 Å². The van der Waals surface area contributed by atoms with E-state index in [2.05, 4.69) is 23.3 Å². The highest BCUT2D eigenvalue weighted by molar-refractivity contribution is 7.11. The van der Waals surface area contributed by atoms with Gasteiger partial charge >= 0.3 is 0 Å². The number of thiazole rings is 1. The SMILES string of the molecule is CCNC(c1ccc(OC)nc1)c1nc2c(s1)CCCC2. The van der Waals surface area contributed by atoms with Gasteiger partial charge in [0.25, 0.3) is 0 Å². The van der Waals surface area contributed by atoms with Gasteiger partial charge in [0, 0.05) is 17.1 Å². The van der Waals surface area contributed by atoms with Crippen LogP contribution in [0.2, 0.25) is 0 Å². The summed E-state index contributed by atoms with van der Waals surface area (Å²) in [5.74, 6) is 0.646. The van der Waals surface area contributed by atoms with Gasteiger partial charge in [-0.3, -0.25) is 0 Å². The Morgan fingerprint density at radius 2 is 2.19 bits per heavy atom. The van der Waals surface area contributed by atoms with Gasteiger partial charge < -0.3 is 10.1 Å². The van der Waals surface area contributed by atoms with Gasteiger partial charge in [-0.1, -0.05) is 13.0 Å². The molecule has 0 saturated heterocycles. The molecule has 1 unspecified atom stereocenters. The maximum Gasteiger partial charge on any atom is 0.212 e. The Bertz CT molecular complexity index is 571. The Kier molecular flexibility index (Phi) is 4.51. The van der Waals surface area contributed by atoms with Crippen molar-refractivity contribution < 1.29 is 4.74 Å². The molecule has 0 bridgehead atoms. The fourth-order valence-electron chi connectivity index (χ4n) is 2.73. The Hall–Kier alpha value is -1.46. The Balaban J connectivity index is 1.90. The van der Waals surface area contributed by atoms with Gasteiger partial charge in [-0.05, 0) is 37.8 Å². The third-order valence-electron chi connectivity index (χ3n) is 3.82. The first-order valence-corrected chi connectivity index (χ1v) is 8.35. The second-order valence-corrected chi connectivity index (χ2v) is 6.37. The highest BCUT2D eigenvalue weighted by Gasteiger charge is 2.22. The van der Waals surface area contributed by atoms with Crippen molar-refractivity contribution in [1.82, 2.24) is 15.3 Å². The normalized spacial score (nSPS) is 15.5. The number of pyridine rings is 1. The third kappa shape index (κ3) is 3.09. The van der Waals surface area contributed by atoms with Crippen molar-refractivity contribution in [3.8, 4) is 5.88 Å². The number of nitrogens with one attached hydrogen (secondary N) is 1. The lowest BCUT2D eigenvalue weighted by Gasteiger charge is -2.15. The third-order valence-corrected chi connectivity index (χ3v) is 5.04. The molecule has 0 saturated carbocycles. The standard InChI is InChI=1S/C16H21N3OS/c1-3-17-15(11-8-9-14(20-2)18-10-11)16-19-12-6-4-5-7-13(12)21-16/h8-10,15,17H,3-7H2,1-2H3. The van der Waals surface area contributed by atoms with Crippen LogP contribution in [0.15, 0.2) is 18.3 Å². The quantitative estimate of drug-likeness (QED) is 0.922. The Morgan fingerprint density at radius 1 is 1.33 bits per heavy atom. The Labute approximate surface area is 129 Å². The van der Waals surface area contributed by atoms with Crippen LogP contribution in [0.1, 0.15) is 46.9 Å². The molecule has 2 heterocycles. The molecule has 0 aromatic carbocycles. The number of hydrogen-bond donors (Lipinski definition) is 1. The predicted octanol–water partition coefficient (Wildman–Crippen LogP) is 3.12. The molecule has 5 heteroatoms. The van der Waals surface area contributed by atoms with Crippen LogP contribution < -0.4 is 10.1 Å². The van der Waals surface area contributed by atoms with E-state index >= 15 is 0 Å². The molecule has 0 amide bonds. The minimum absolute atomic E-state index is 0.129. The minimum atomic E-state index is 0.129. The maximum absolute atomic E-state index is 5.14. The summed E-state index contributed by atoms with van der Waals surface area (Å²) in [6, 6.07) is 4.11. The highest BCUT2D eigenvalue weighted by Crippen LogP contribution is 2.32. The van der Waals surface area contributed by atoms with Gasteiger partial charge in [0.15, 0.2) is 0 Å². The van der Waals surface area contributed by atoms with Gasteiger partial charge in [-0.15, -0.1) is 11.3 Å². The number of aryl methyl sites for hydroxylation is 2. The van der Waals surface area contributed by atoms with E-state index in [-0.39, 0.29) is 6.04 Å². The van der Waals surface area contributed by atoms with Crippen molar-refractivity contribution in [3.63, 3.8) is 0 Å². The molecule has 0 spiro atoms. The molecule has 112 valence electrons. The van der Waals surface area contributed by atoms with Crippen LogP contribution in [0.25, 0.3) is 0 Å². The zero-order chi connectivity index (χ0) is 14.7. The summed E-state index contributed by atoms with van der Waals surface area (Å²) in [7, 11) is 1.64. The Morgan fingerprint density at radius 3 is 2.86 bits per heavy atom. The van der Waals surface area contributed by atoms with Crippen LogP contribution in [0, 0.1) is 0 Å². The lowest BCUT2D eigenvalue weighted by Crippen LogP contribution is -2.22. The number of hydrogen-bond acceptors (Lipinski definition) is 5. The van der Waals surface area contributed by atoms with Gasteiger partial charge in [0.05, 0.1) is 18.8 Å². The van der Waals surface area contributed by atoms with Crippen molar-refractivity contribution >= 4 is 11.3 Å². The van der Waals surface area contributed by atoms with E-state index in [9.17, 15) is 0 Å². The van der Waals surface area contributed by atoms with E-state index in [0.717, 1.165) is 23.5 Å². The first-order chi connectivity index (χ1) is 10.3. The summed E-state index contributed by atoms with van der Waals surface area (Å²) in [5, 5.41) is 4.69. The molecule has 4 nitrogen and oxygen atoms in total. The molecular weight excluding hydrogens is 282 g/mol. The van der Waals surface area contributed by atoms with Crippen LogP contribution in [0.3, 0.4) is 0 Å². The van der Waals surface area contributed by atoms with Crippen LogP contribution in [0.4, 0.5) is 0 Å². The number of nitrogens with zero attached hydrogens (tertiary/aromatic N) is 2. The summed E-state index contributed by atoms with van der Waals surface area (Å²) < 4.78 is 5.14. The second kappa shape index (κ2) is 6.54. The molecule has 21 heavy (non-hydrogen) atoms. The molecule has 1 N–H and O–H groups in total.